The van der Waals surface area contributed by atoms with Crippen molar-refractivity contribution < 1.29 is 4.79 Å². The Bertz CT molecular complexity index is 941. The number of aromatic amines is 1. The molecule has 1 unspecified atom stereocenters. The van der Waals surface area contributed by atoms with Gasteiger partial charge in [0.25, 0.3) is 0 Å². The summed E-state index contributed by atoms with van der Waals surface area (Å²) in [6.07, 6.45) is 6.30. The molecule has 0 aliphatic heterocycles. The number of hydrogen-bond donors (Lipinski definition) is 3. The van der Waals surface area contributed by atoms with Gasteiger partial charge in [0, 0.05) is 54.1 Å². The van der Waals surface area contributed by atoms with Crippen molar-refractivity contribution in [1.82, 2.24) is 9.97 Å². The number of carbonyl (C=O) groups is 1. The lowest BCUT2D eigenvalue weighted by atomic mass is 9.99. The van der Waals surface area contributed by atoms with Crippen LogP contribution in [0.4, 0.5) is 5.69 Å². The van der Waals surface area contributed by atoms with Crippen molar-refractivity contribution in [3.8, 4) is 0 Å². The zero-order chi connectivity index (χ0) is 17.1. The van der Waals surface area contributed by atoms with Crippen molar-refractivity contribution in [1.29, 1.82) is 5.41 Å². The first-order chi connectivity index (χ1) is 11.6. The zero-order valence-electron chi connectivity index (χ0n) is 13.2. The Balaban J connectivity index is 2.09. The summed E-state index contributed by atoms with van der Waals surface area (Å²) in [5.41, 5.74) is 8.80. The van der Waals surface area contributed by atoms with E-state index in [2.05, 4.69) is 15.0 Å². The molecule has 0 aliphatic carbocycles. The number of ketones is 1. The highest BCUT2D eigenvalue weighted by molar-refractivity contribution is 6.16. The number of H-pyrrole nitrogens is 1. The molecule has 4 N–H and O–H groups in total. The molecular weight excluding hydrogens is 302 g/mol. The van der Waals surface area contributed by atoms with E-state index in [0.717, 1.165) is 10.9 Å². The number of pyridine rings is 1. The van der Waals surface area contributed by atoms with Crippen LogP contribution in [0.2, 0.25) is 0 Å². The molecule has 1 atom stereocenters. The number of aliphatic imine (C=N–C) groups is 1. The maximum atomic E-state index is 12.8. The van der Waals surface area contributed by atoms with E-state index in [9.17, 15) is 4.79 Å². The van der Waals surface area contributed by atoms with Gasteiger partial charge in [-0.15, -0.1) is 0 Å². The van der Waals surface area contributed by atoms with E-state index in [0.29, 0.717) is 22.5 Å². The summed E-state index contributed by atoms with van der Waals surface area (Å²) in [5, 5.41) is 8.25. The Morgan fingerprint density at radius 2 is 2.25 bits per heavy atom. The van der Waals surface area contributed by atoms with Crippen LogP contribution in [0.25, 0.3) is 11.0 Å². The molecule has 0 spiro atoms. The Morgan fingerprint density at radius 1 is 1.42 bits per heavy atom. The smallest absolute Gasteiger partial charge is 0.195 e. The predicted octanol–water partition coefficient (Wildman–Crippen LogP) is 2.81. The third-order valence-corrected chi connectivity index (χ3v) is 3.82. The lowest BCUT2D eigenvalue weighted by molar-refractivity contribution is 0.104. The van der Waals surface area contributed by atoms with Crippen molar-refractivity contribution in [3.63, 3.8) is 0 Å². The largest absolute Gasteiger partial charge is 0.399 e. The average Bonchev–Trinajstić information content (AvgIpc) is 3.02. The average molecular weight is 319 g/mol. The van der Waals surface area contributed by atoms with Crippen LogP contribution in [-0.4, -0.2) is 35.2 Å². The molecule has 0 fully saturated rings. The Morgan fingerprint density at radius 3 is 2.96 bits per heavy atom. The predicted molar refractivity (Wildman–Crippen MR) is 96.3 cm³/mol. The fourth-order valence-electron chi connectivity index (χ4n) is 2.61. The number of hydrogen-bond acceptors (Lipinski definition) is 5. The van der Waals surface area contributed by atoms with Crippen molar-refractivity contribution in [2.45, 2.75) is 5.92 Å². The number of nitrogens with two attached hydrogens (primary N) is 1. The molecule has 24 heavy (non-hydrogen) atoms. The molecule has 0 radical (unpaired) electrons. The second-order valence-electron chi connectivity index (χ2n) is 5.42. The molecule has 0 amide bonds. The number of fused-ring (bicyclic) bond motifs is 1. The van der Waals surface area contributed by atoms with E-state index < -0.39 is 0 Å². The second-order valence-corrected chi connectivity index (χ2v) is 5.42. The van der Waals surface area contributed by atoms with Crippen LogP contribution in [0.15, 0.2) is 47.7 Å². The Hall–Kier alpha value is -3.28. The van der Waals surface area contributed by atoms with Gasteiger partial charge >= 0.3 is 0 Å². The van der Waals surface area contributed by atoms with E-state index in [4.69, 9.17) is 11.1 Å². The summed E-state index contributed by atoms with van der Waals surface area (Å²) < 4.78 is 0. The molecule has 6 nitrogen and oxygen atoms in total. The van der Waals surface area contributed by atoms with E-state index in [1.807, 2.05) is 6.07 Å². The van der Waals surface area contributed by atoms with Crippen molar-refractivity contribution in [2.24, 2.45) is 4.99 Å². The van der Waals surface area contributed by atoms with Crippen molar-refractivity contribution >= 4 is 34.9 Å². The molecule has 0 saturated heterocycles. The third kappa shape index (κ3) is 2.81. The van der Waals surface area contributed by atoms with Gasteiger partial charge in [0.15, 0.2) is 5.78 Å². The van der Waals surface area contributed by atoms with Gasteiger partial charge in [0.1, 0.15) is 5.65 Å². The zero-order valence-corrected chi connectivity index (χ0v) is 13.2. The monoisotopic (exact) mass is 319 g/mol. The van der Waals surface area contributed by atoms with Gasteiger partial charge in [-0.2, -0.15) is 0 Å². The number of nitrogens with one attached hydrogen (secondary N) is 2. The van der Waals surface area contributed by atoms with E-state index in [1.165, 1.54) is 6.21 Å². The van der Waals surface area contributed by atoms with Crippen LogP contribution in [-0.2, 0) is 0 Å². The van der Waals surface area contributed by atoms with Crippen LogP contribution in [0, 0.1) is 5.41 Å². The van der Waals surface area contributed by atoms with E-state index >= 15 is 0 Å². The van der Waals surface area contributed by atoms with E-state index in [1.54, 1.807) is 49.9 Å². The molecule has 0 saturated carbocycles. The van der Waals surface area contributed by atoms with Gasteiger partial charge in [-0.3, -0.25) is 9.79 Å². The van der Waals surface area contributed by atoms with Crippen molar-refractivity contribution in [3.05, 3.63) is 59.4 Å². The molecule has 0 aliphatic rings. The minimum atomic E-state index is -0.267. The molecule has 3 rings (SSSR count). The summed E-state index contributed by atoms with van der Waals surface area (Å²) in [4.78, 5) is 24.1. The first-order valence-electron chi connectivity index (χ1n) is 7.44. The maximum Gasteiger partial charge on any atom is 0.195 e. The van der Waals surface area contributed by atoms with Gasteiger partial charge in [-0.25, -0.2) is 4.98 Å². The number of aromatic nitrogens is 2. The lowest BCUT2D eigenvalue weighted by Crippen LogP contribution is -2.04. The van der Waals surface area contributed by atoms with Gasteiger partial charge in [0.05, 0.1) is 5.92 Å². The van der Waals surface area contributed by atoms with Crippen LogP contribution >= 0.6 is 0 Å². The summed E-state index contributed by atoms with van der Waals surface area (Å²) in [7, 11) is 1.66. The lowest BCUT2D eigenvalue weighted by Gasteiger charge is -2.06. The van der Waals surface area contributed by atoms with Crippen LogP contribution in [0.3, 0.4) is 0 Å². The Kier molecular flexibility index (Phi) is 4.20. The van der Waals surface area contributed by atoms with Crippen LogP contribution < -0.4 is 5.73 Å². The van der Waals surface area contributed by atoms with Gasteiger partial charge in [-0.05, 0) is 23.8 Å². The second kappa shape index (κ2) is 6.45. The van der Waals surface area contributed by atoms with Gasteiger partial charge < -0.3 is 16.1 Å². The van der Waals surface area contributed by atoms with Crippen molar-refractivity contribution in [2.75, 3.05) is 12.8 Å². The third-order valence-electron chi connectivity index (χ3n) is 3.82. The quantitative estimate of drug-likeness (QED) is 0.382. The molecular formula is C18H17N5O. The molecule has 0 bridgehead atoms. The number of rotatable bonds is 5. The SMILES string of the molecule is CN=CC(C=N)c1cnc2[nH]cc(C(=O)c3cccc(N)c3)c2c1. The first kappa shape index (κ1) is 15.6. The fraction of sp³-hybridized carbons (Fsp3) is 0.111. The Labute approximate surface area is 139 Å². The van der Waals surface area contributed by atoms with E-state index in [-0.39, 0.29) is 11.7 Å². The normalized spacial score (nSPS) is 12.5. The summed E-state index contributed by atoms with van der Waals surface area (Å²) in [6.45, 7) is 0. The molecule has 2 aromatic heterocycles. The fourth-order valence-corrected chi connectivity index (χ4v) is 2.61. The minimum absolute atomic E-state index is 0.122. The molecule has 2 heterocycles. The van der Waals surface area contributed by atoms with Crippen LogP contribution in [0.1, 0.15) is 27.4 Å². The number of carbonyl (C=O) groups excluding carboxylic acids is 1. The number of nitrogens with zero attached hydrogens (tertiary/aromatic N) is 2. The van der Waals surface area contributed by atoms with Gasteiger partial charge in [0.2, 0.25) is 0 Å². The molecule has 1 aromatic carbocycles. The molecule has 3 aromatic rings. The highest BCUT2D eigenvalue weighted by Crippen LogP contribution is 2.24. The first-order valence-corrected chi connectivity index (χ1v) is 7.44. The number of benzene rings is 1. The maximum absolute atomic E-state index is 12.8. The standard InChI is InChI=1S/C18H17N5O/c1-21-8-13(7-19)12-6-15-16(10-23-18(15)22-9-12)17(24)11-3-2-4-14(20)5-11/h2-10,13,19H,20H2,1H3,(H,22,23). The highest BCUT2D eigenvalue weighted by Gasteiger charge is 2.17. The number of nitrogen functional groups attached to an aromatic ring is 1. The summed E-state index contributed by atoms with van der Waals surface area (Å²) >= 11 is 0. The molecule has 120 valence electrons. The van der Waals surface area contributed by atoms with Crippen LogP contribution in [0.5, 0.6) is 0 Å². The summed E-state index contributed by atoms with van der Waals surface area (Å²) in [6, 6.07) is 8.76. The van der Waals surface area contributed by atoms with Gasteiger partial charge in [-0.1, -0.05) is 12.1 Å². The summed E-state index contributed by atoms with van der Waals surface area (Å²) in [5.74, 6) is -0.389. The molecule has 6 heteroatoms. The minimum Gasteiger partial charge on any atom is -0.399 e. The topological polar surface area (TPSA) is 108 Å². The highest BCUT2D eigenvalue weighted by atomic mass is 16.1. The number of anilines is 1.